The summed E-state index contributed by atoms with van der Waals surface area (Å²) in [7, 11) is 0. The van der Waals surface area contributed by atoms with Gasteiger partial charge in [0, 0.05) is 44.6 Å². The van der Waals surface area contributed by atoms with Crippen molar-refractivity contribution in [3.8, 4) is 10.7 Å². The zero-order valence-corrected chi connectivity index (χ0v) is 18.4. The van der Waals surface area contributed by atoms with Gasteiger partial charge in [-0.1, -0.05) is 28.9 Å². The van der Waals surface area contributed by atoms with Gasteiger partial charge in [-0.15, -0.1) is 11.3 Å². The standard InChI is InChI=1S/C23H26N4O3S/c1-17-6-2-7-18(16-17)23(29)27-12-5-11-26(13-14-27)21(28)10-3-9-20-24-22(25-30-20)19-8-4-15-31-19/h2,4,6-8,15-16H,3,5,9-14H2,1H3. The van der Waals surface area contributed by atoms with E-state index in [1.165, 1.54) is 0 Å². The molecule has 31 heavy (non-hydrogen) atoms. The topological polar surface area (TPSA) is 79.5 Å². The predicted molar refractivity (Wildman–Crippen MR) is 119 cm³/mol. The van der Waals surface area contributed by atoms with Gasteiger partial charge in [0.2, 0.25) is 17.6 Å². The summed E-state index contributed by atoms with van der Waals surface area (Å²) in [6.07, 6.45) is 2.46. The van der Waals surface area contributed by atoms with Crippen molar-refractivity contribution in [3.05, 3.63) is 58.8 Å². The second kappa shape index (κ2) is 9.87. The molecule has 1 saturated heterocycles. The molecule has 0 spiro atoms. The van der Waals surface area contributed by atoms with E-state index in [1.807, 2.05) is 58.5 Å². The molecule has 2 amide bonds. The molecule has 162 valence electrons. The average molecular weight is 439 g/mol. The van der Waals surface area contributed by atoms with E-state index in [0.717, 1.165) is 16.9 Å². The van der Waals surface area contributed by atoms with Crippen LogP contribution in [-0.2, 0) is 11.2 Å². The number of rotatable bonds is 6. The third-order valence-corrected chi connectivity index (χ3v) is 6.26. The molecule has 0 unspecified atom stereocenters. The van der Waals surface area contributed by atoms with Crippen molar-refractivity contribution < 1.29 is 14.1 Å². The zero-order valence-electron chi connectivity index (χ0n) is 17.6. The Labute approximate surface area is 185 Å². The van der Waals surface area contributed by atoms with Crippen LogP contribution in [0.1, 0.15) is 41.1 Å². The Morgan fingerprint density at radius 1 is 1.10 bits per heavy atom. The molecular formula is C23H26N4O3S. The highest BCUT2D eigenvalue weighted by Gasteiger charge is 2.23. The Balaban J connectivity index is 1.25. The third kappa shape index (κ3) is 5.38. The van der Waals surface area contributed by atoms with Crippen molar-refractivity contribution in [2.75, 3.05) is 26.2 Å². The van der Waals surface area contributed by atoms with Crippen molar-refractivity contribution >= 4 is 23.2 Å². The summed E-state index contributed by atoms with van der Waals surface area (Å²) >= 11 is 1.57. The Hall–Kier alpha value is -3.00. The van der Waals surface area contributed by atoms with E-state index in [2.05, 4.69) is 10.1 Å². The van der Waals surface area contributed by atoms with E-state index in [1.54, 1.807) is 11.3 Å². The van der Waals surface area contributed by atoms with Gasteiger partial charge in [-0.3, -0.25) is 9.59 Å². The molecule has 1 aromatic carbocycles. The highest BCUT2D eigenvalue weighted by Crippen LogP contribution is 2.21. The van der Waals surface area contributed by atoms with Crippen LogP contribution in [0.15, 0.2) is 46.3 Å². The molecule has 1 aliphatic heterocycles. The highest BCUT2D eigenvalue weighted by molar-refractivity contribution is 7.13. The number of nitrogens with zero attached hydrogens (tertiary/aromatic N) is 4. The van der Waals surface area contributed by atoms with Crippen LogP contribution in [0.25, 0.3) is 10.7 Å². The Morgan fingerprint density at radius 3 is 2.74 bits per heavy atom. The number of carbonyl (C=O) groups excluding carboxylic acids is 2. The summed E-state index contributed by atoms with van der Waals surface area (Å²) in [6.45, 7) is 4.46. The lowest BCUT2D eigenvalue weighted by atomic mass is 10.1. The van der Waals surface area contributed by atoms with E-state index in [-0.39, 0.29) is 11.8 Å². The van der Waals surface area contributed by atoms with Gasteiger partial charge in [0.05, 0.1) is 4.88 Å². The second-order valence-electron chi connectivity index (χ2n) is 7.74. The normalized spacial score (nSPS) is 14.5. The van der Waals surface area contributed by atoms with Gasteiger partial charge in [0.15, 0.2) is 0 Å². The van der Waals surface area contributed by atoms with Crippen LogP contribution >= 0.6 is 11.3 Å². The van der Waals surface area contributed by atoms with E-state index in [4.69, 9.17) is 4.52 Å². The lowest BCUT2D eigenvalue weighted by molar-refractivity contribution is -0.131. The van der Waals surface area contributed by atoms with Crippen molar-refractivity contribution in [2.45, 2.75) is 32.6 Å². The van der Waals surface area contributed by atoms with Crippen LogP contribution in [0.2, 0.25) is 0 Å². The number of hydrogen-bond acceptors (Lipinski definition) is 6. The molecule has 3 aromatic rings. The Morgan fingerprint density at radius 2 is 1.94 bits per heavy atom. The van der Waals surface area contributed by atoms with Crippen LogP contribution in [0.3, 0.4) is 0 Å². The fourth-order valence-corrected chi connectivity index (χ4v) is 4.39. The summed E-state index contributed by atoms with van der Waals surface area (Å²) in [5.41, 5.74) is 1.78. The van der Waals surface area contributed by atoms with Crippen LogP contribution in [0.5, 0.6) is 0 Å². The number of benzene rings is 1. The summed E-state index contributed by atoms with van der Waals surface area (Å²) < 4.78 is 5.30. The van der Waals surface area contributed by atoms with E-state index in [0.29, 0.717) is 62.7 Å². The van der Waals surface area contributed by atoms with E-state index < -0.39 is 0 Å². The first kappa shape index (κ1) is 21.2. The second-order valence-corrected chi connectivity index (χ2v) is 8.69. The van der Waals surface area contributed by atoms with Crippen molar-refractivity contribution in [3.63, 3.8) is 0 Å². The van der Waals surface area contributed by atoms with Crippen molar-refractivity contribution in [1.29, 1.82) is 0 Å². The highest BCUT2D eigenvalue weighted by atomic mass is 32.1. The number of aromatic nitrogens is 2. The Bertz CT molecular complexity index is 1030. The fourth-order valence-electron chi connectivity index (χ4n) is 3.74. The molecular weight excluding hydrogens is 412 g/mol. The van der Waals surface area contributed by atoms with Crippen LogP contribution in [0.4, 0.5) is 0 Å². The molecule has 8 heteroatoms. The first-order valence-corrected chi connectivity index (χ1v) is 11.5. The number of hydrogen-bond donors (Lipinski definition) is 0. The molecule has 0 saturated carbocycles. The predicted octanol–water partition coefficient (Wildman–Crippen LogP) is 3.80. The number of carbonyl (C=O) groups is 2. The van der Waals surface area contributed by atoms with Gasteiger partial charge < -0.3 is 14.3 Å². The lowest BCUT2D eigenvalue weighted by Gasteiger charge is -2.22. The molecule has 4 rings (SSSR count). The summed E-state index contributed by atoms with van der Waals surface area (Å²) in [6, 6.07) is 11.6. The summed E-state index contributed by atoms with van der Waals surface area (Å²) in [5.74, 6) is 1.31. The maximum Gasteiger partial charge on any atom is 0.253 e. The van der Waals surface area contributed by atoms with Gasteiger partial charge >= 0.3 is 0 Å². The van der Waals surface area contributed by atoms with Crippen molar-refractivity contribution in [1.82, 2.24) is 19.9 Å². The van der Waals surface area contributed by atoms with Gasteiger partial charge in [-0.05, 0) is 43.3 Å². The first-order valence-electron chi connectivity index (χ1n) is 10.6. The maximum absolute atomic E-state index is 12.8. The summed E-state index contributed by atoms with van der Waals surface area (Å²) in [4.78, 5) is 34.6. The molecule has 0 N–H and O–H groups in total. The largest absolute Gasteiger partial charge is 0.341 e. The number of thiophene rings is 1. The fraction of sp³-hybridized carbons (Fsp3) is 0.391. The molecule has 0 atom stereocenters. The molecule has 3 heterocycles. The van der Waals surface area contributed by atoms with Gasteiger partial charge in [-0.25, -0.2) is 0 Å². The molecule has 0 bridgehead atoms. The van der Waals surface area contributed by atoms with Gasteiger partial charge in [0.25, 0.3) is 5.91 Å². The lowest BCUT2D eigenvalue weighted by Crippen LogP contribution is -2.37. The molecule has 2 aromatic heterocycles. The summed E-state index contributed by atoms with van der Waals surface area (Å²) in [5, 5.41) is 5.98. The number of amides is 2. The number of aryl methyl sites for hydroxylation is 2. The van der Waals surface area contributed by atoms with Gasteiger partial charge in [-0.2, -0.15) is 4.98 Å². The van der Waals surface area contributed by atoms with Crippen LogP contribution < -0.4 is 0 Å². The molecule has 7 nitrogen and oxygen atoms in total. The first-order chi connectivity index (χ1) is 15.1. The minimum atomic E-state index is 0.0379. The zero-order chi connectivity index (χ0) is 21.6. The third-order valence-electron chi connectivity index (χ3n) is 5.39. The molecule has 0 radical (unpaired) electrons. The van der Waals surface area contributed by atoms with Gasteiger partial charge in [0.1, 0.15) is 0 Å². The van der Waals surface area contributed by atoms with E-state index in [9.17, 15) is 9.59 Å². The van der Waals surface area contributed by atoms with Crippen molar-refractivity contribution in [2.24, 2.45) is 0 Å². The minimum absolute atomic E-state index is 0.0379. The van der Waals surface area contributed by atoms with Crippen LogP contribution in [0, 0.1) is 6.92 Å². The monoisotopic (exact) mass is 438 g/mol. The smallest absolute Gasteiger partial charge is 0.253 e. The van der Waals surface area contributed by atoms with Crippen LogP contribution in [-0.4, -0.2) is 57.9 Å². The molecule has 1 fully saturated rings. The molecule has 1 aliphatic rings. The quantitative estimate of drug-likeness (QED) is 0.585. The average Bonchev–Trinajstić information content (AvgIpc) is 3.40. The maximum atomic E-state index is 12.8. The Kier molecular flexibility index (Phi) is 6.76. The van der Waals surface area contributed by atoms with E-state index >= 15 is 0 Å². The SMILES string of the molecule is Cc1cccc(C(=O)N2CCCN(C(=O)CCCc3nc(-c4cccs4)no3)CC2)c1. The molecule has 0 aliphatic carbocycles. The minimum Gasteiger partial charge on any atom is -0.341 e.